The van der Waals surface area contributed by atoms with Gasteiger partial charge >= 0.3 is 0 Å². The molecular weight excluding hydrogens is 418 g/mol. The van der Waals surface area contributed by atoms with Crippen molar-refractivity contribution in [3.8, 4) is 0 Å². The van der Waals surface area contributed by atoms with Gasteiger partial charge in [0.05, 0.1) is 14.4 Å². The molecule has 0 aliphatic carbocycles. The first-order valence-electron chi connectivity index (χ1n) is 6.58. The predicted octanol–water partition coefficient (Wildman–Crippen LogP) is 4.38. The highest BCUT2D eigenvalue weighted by atomic mass is 79.9. The van der Waals surface area contributed by atoms with Crippen LogP contribution in [0.2, 0.25) is 0 Å². The summed E-state index contributed by atoms with van der Waals surface area (Å²) in [5.41, 5.74) is 3.24. The lowest BCUT2D eigenvalue weighted by Gasteiger charge is -2.16. The van der Waals surface area contributed by atoms with E-state index in [1.807, 2.05) is 24.7 Å². The van der Waals surface area contributed by atoms with Crippen LogP contribution in [0.4, 0.5) is 0 Å². The van der Waals surface area contributed by atoms with Gasteiger partial charge < -0.3 is 4.90 Å². The van der Waals surface area contributed by atoms with E-state index in [2.05, 4.69) is 50.8 Å². The van der Waals surface area contributed by atoms with Crippen LogP contribution in [0.15, 0.2) is 14.3 Å². The van der Waals surface area contributed by atoms with Gasteiger partial charge in [-0.1, -0.05) is 0 Å². The van der Waals surface area contributed by atoms with Gasteiger partial charge in [0.25, 0.3) is 5.91 Å². The van der Waals surface area contributed by atoms with Crippen LogP contribution in [0.25, 0.3) is 0 Å². The van der Waals surface area contributed by atoms with E-state index in [1.54, 1.807) is 4.90 Å². The van der Waals surface area contributed by atoms with Crippen molar-refractivity contribution in [3.63, 3.8) is 0 Å². The maximum atomic E-state index is 12.5. The molecule has 0 spiro atoms. The fraction of sp³-hybridized carbons (Fsp3) is 0.429. The molecule has 114 valence electrons. The number of halogens is 2. The quantitative estimate of drug-likeness (QED) is 0.716. The van der Waals surface area contributed by atoms with Gasteiger partial charge in [-0.15, -0.1) is 11.3 Å². The molecule has 7 heteroatoms. The molecule has 4 nitrogen and oxygen atoms in total. The van der Waals surface area contributed by atoms with E-state index < -0.39 is 0 Å². The van der Waals surface area contributed by atoms with Crippen LogP contribution in [0.1, 0.15) is 33.5 Å². The standard InChI is InChI=1S/C14H17Br2N3OS/c1-5-19-9(3)10(8(2)17-19)7-18(4)14(20)12-6-11(15)13(16)21-12/h6H,5,7H2,1-4H3. The van der Waals surface area contributed by atoms with Crippen molar-refractivity contribution < 1.29 is 4.79 Å². The molecule has 0 aliphatic rings. The molecule has 0 radical (unpaired) electrons. The number of thiophene rings is 1. The van der Waals surface area contributed by atoms with Gasteiger partial charge in [0, 0.05) is 35.9 Å². The minimum absolute atomic E-state index is 0.0226. The van der Waals surface area contributed by atoms with E-state index in [1.165, 1.54) is 11.3 Å². The molecule has 0 bridgehead atoms. The van der Waals surface area contributed by atoms with Gasteiger partial charge in [-0.25, -0.2) is 0 Å². The fourth-order valence-corrected chi connectivity index (χ4v) is 4.25. The van der Waals surface area contributed by atoms with E-state index in [-0.39, 0.29) is 5.91 Å². The molecule has 2 aromatic rings. The second-order valence-corrected chi connectivity index (χ2v) is 8.08. The molecule has 0 saturated heterocycles. The van der Waals surface area contributed by atoms with E-state index >= 15 is 0 Å². The number of carbonyl (C=O) groups is 1. The number of rotatable bonds is 4. The third kappa shape index (κ3) is 3.40. The number of hydrogen-bond acceptors (Lipinski definition) is 3. The normalized spacial score (nSPS) is 11.0. The van der Waals surface area contributed by atoms with E-state index in [0.29, 0.717) is 6.54 Å². The summed E-state index contributed by atoms with van der Waals surface area (Å²) >= 11 is 8.28. The van der Waals surface area contributed by atoms with Crippen molar-refractivity contribution in [2.75, 3.05) is 7.05 Å². The highest BCUT2D eigenvalue weighted by Crippen LogP contribution is 2.33. The Balaban J connectivity index is 2.20. The second kappa shape index (κ2) is 6.62. The van der Waals surface area contributed by atoms with Crippen molar-refractivity contribution in [2.45, 2.75) is 33.9 Å². The largest absolute Gasteiger partial charge is 0.337 e. The van der Waals surface area contributed by atoms with Crippen LogP contribution in [-0.4, -0.2) is 27.6 Å². The van der Waals surface area contributed by atoms with Gasteiger partial charge in [0.1, 0.15) is 0 Å². The molecule has 0 aromatic carbocycles. The van der Waals surface area contributed by atoms with E-state index in [4.69, 9.17) is 0 Å². The summed E-state index contributed by atoms with van der Waals surface area (Å²) in [6, 6.07) is 1.85. The zero-order valence-electron chi connectivity index (χ0n) is 12.4. The molecule has 0 unspecified atom stereocenters. The summed E-state index contributed by atoms with van der Waals surface area (Å²) in [5, 5.41) is 4.50. The first-order valence-corrected chi connectivity index (χ1v) is 8.98. The zero-order chi connectivity index (χ0) is 15.7. The summed E-state index contributed by atoms with van der Waals surface area (Å²) < 4.78 is 3.82. The Morgan fingerprint density at radius 1 is 1.43 bits per heavy atom. The molecule has 1 amide bonds. The highest BCUT2D eigenvalue weighted by molar-refractivity contribution is 9.13. The van der Waals surface area contributed by atoms with Gasteiger partial charge in [0.15, 0.2) is 0 Å². The first-order chi connectivity index (χ1) is 9.85. The van der Waals surface area contributed by atoms with Crippen LogP contribution in [-0.2, 0) is 13.1 Å². The molecule has 2 heterocycles. The summed E-state index contributed by atoms with van der Waals surface area (Å²) in [7, 11) is 1.83. The molecule has 21 heavy (non-hydrogen) atoms. The summed E-state index contributed by atoms with van der Waals surface area (Å²) in [6.45, 7) is 7.53. The number of carbonyl (C=O) groups excluding carboxylic acids is 1. The molecule has 0 aliphatic heterocycles. The average molecular weight is 435 g/mol. The van der Waals surface area contributed by atoms with Crippen molar-refractivity contribution in [1.82, 2.24) is 14.7 Å². The monoisotopic (exact) mass is 433 g/mol. The number of amides is 1. The Labute approximate surface area is 145 Å². The maximum Gasteiger partial charge on any atom is 0.264 e. The van der Waals surface area contributed by atoms with Crippen molar-refractivity contribution >= 4 is 49.1 Å². The van der Waals surface area contributed by atoms with Crippen LogP contribution in [0.5, 0.6) is 0 Å². The molecule has 2 aromatic heterocycles. The Morgan fingerprint density at radius 2 is 2.10 bits per heavy atom. The highest BCUT2D eigenvalue weighted by Gasteiger charge is 2.19. The second-order valence-electron chi connectivity index (χ2n) is 4.86. The minimum Gasteiger partial charge on any atom is -0.337 e. The molecule has 0 N–H and O–H groups in total. The first kappa shape index (κ1) is 16.7. The third-order valence-corrected chi connectivity index (χ3v) is 6.67. The van der Waals surface area contributed by atoms with Gasteiger partial charge in [-0.2, -0.15) is 5.10 Å². The lowest BCUT2D eigenvalue weighted by molar-refractivity contribution is 0.0789. The SMILES string of the molecule is CCn1nc(C)c(CN(C)C(=O)c2cc(Br)c(Br)s2)c1C. The predicted molar refractivity (Wildman–Crippen MR) is 92.9 cm³/mol. The number of nitrogens with zero attached hydrogens (tertiary/aromatic N) is 3. The maximum absolute atomic E-state index is 12.5. The molecule has 0 atom stereocenters. The van der Waals surface area contributed by atoms with Crippen molar-refractivity contribution in [2.24, 2.45) is 0 Å². The van der Waals surface area contributed by atoms with Gasteiger partial charge in [-0.05, 0) is 58.7 Å². The van der Waals surface area contributed by atoms with Crippen LogP contribution >= 0.6 is 43.2 Å². The summed E-state index contributed by atoms with van der Waals surface area (Å²) in [5.74, 6) is 0.0226. The average Bonchev–Trinajstić information content (AvgIpc) is 2.92. The number of aromatic nitrogens is 2. The lowest BCUT2D eigenvalue weighted by atomic mass is 10.2. The Morgan fingerprint density at radius 3 is 2.57 bits per heavy atom. The molecule has 0 saturated carbocycles. The summed E-state index contributed by atoms with van der Waals surface area (Å²) in [4.78, 5) is 14.9. The fourth-order valence-electron chi connectivity index (χ4n) is 2.22. The smallest absolute Gasteiger partial charge is 0.264 e. The summed E-state index contributed by atoms with van der Waals surface area (Å²) in [6.07, 6.45) is 0. The number of hydrogen-bond donors (Lipinski definition) is 0. The van der Waals surface area contributed by atoms with E-state index in [0.717, 1.165) is 36.6 Å². The third-order valence-electron chi connectivity index (χ3n) is 3.43. The number of aryl methyl sites for hydroxylation is 2. The topological polar surface area (TPSA) is 38.1 Å². The molecule has 0 fully saturated rings. The minimum atomic E-state index is 0.0226. The Hall–Kier alpha value is -0.660. The van der Waals surface area contributed by atoms with Gasteiger partial charge in [-0.3, -0.25) is 9.48 Å². The van der Waals surface area contributed by atoms with Crippen molar-refractivity contribution in [1.29, 1.82) is 0 Å². The molecule has 2 rings (SSSR count). The van der Waals surface area contributed by atoms with Gasteiger partial charge in [0.2, 0.25) is 0 Å². The van der Waals surface area contributed by atoms with Crippen molar-refractivity contribution in [3.05, 3.63) is 36.2 Å². The van der Waals surface area contributed by atoms with Crippen LogP contribution in [0, 0.1) is 13.8 Å². The molecular formula is C14H17Br2N3OS. The zero-order valence-corrected chi connectivity index (χ0v) is 16.4. The van der Waals surface area contributed by atoms with E-state index in [9.17, 15) is 4.79 Å². The Bertz CT molecular complexity index is 659. The van der Waals surface area contributed by atoms with Crippen LogP contribution < -0.4 is 0 Å². The Kier molecular flexibility index (Phi) is 5.27. The lowest BCUT2D eigenvalue weighted by Crippen LogP contribution is -2.26. The van der Waals surface area contributed by atoms with Crippen LogP contribution in [0.3, 0.4) is 0 Å².